The Balaban J connectivity index is 1.97. The van der Waals surface area contributed by atoms with Gasteiger partial charge in [-0.2, -0.15) is 0 Å². The number of carbonyl (C=O) groups is 1. The Labute approximate surface area is 135 Å². The minimum absolute atomic E-state index is 0.0101. The highest BCUT2D eigenvalue weighted by Gasteiger charge is 2.24. The van der Waals surface area contributed by atoms with E-state index in [2.05, 4.69) is 0 Å². The van der Waals surface area contributed by atoms with Crippen LogP contribution in [0.1, 0.15) is 17.3 Å². The summed E-state index contributed by atoms with van der Waals surface area (Å²) in [5, 5.41) is 0. The molecule has 0 aliphatic heterocycles. The van der Waals surface area contributed by atoms with Crippen molar-refractivity contribution in [1.82, 2.24) is 0 Å². The van der Waals surface area contributed by atoms with E-state index in [1.165, 1.54) is 24.3 Å². The van der Waals surface area contributed by atoms with E-state index in [0.29, 0.717) is 17.9 Å². The number of hydrogen-bond donors (Lipinski definition) is 0. The van der Waals surface area contributed by atoms with Gasteiger partial charge in [0.25, 0.3) is 0 Å². The second-order valence-electron chi connectivity index (χ2n) is 5.32. The van der Waals surface area contributed by atoms with Crippen LogP contribution in [0.4, 0.5) is 4.39 Å². The molecule has 0 amide bonds. The molecule has 2 aliphatic carbocycles. The zero-order chi connectivity index (χ0) is 16.2. The van der Waals surface area contributed by atoms with Gasteiger partial charge in [0.15, 0.2) is 5.78 Å². The van der Waals surface area contributed by atoms with Crippen LogP contribution < -0.4 is 0 Å². The van der Waals surface area contributed by atoms with Gasteiger partial charge < -0.3 is 4.74 Å². The van der Waals surface area contributed by atoms with Gasteiger partial charge >= 0.3 is 0 Å². The molecule has 1 atom stereocenters. The highest BCUT2D eigenvalue weighted by Crippen LogP contribution is 2.35. The van der Waals surface area contributed by atoms with Crippen LogP contribution in [0.2, 0.25) is 0 Å². The van der Waals surface area contributed by atoms with Crippen molar-refractivity contribution in [2.24, 2.45) is 5.92 Å². The second-order valence-corrected chi connectivity index (χ2v) is 5.32. The van der Waals surface area contributed by atoms with E-state index < -0.39 is 0 Å². The third kappa shape index (κ3) is 3.24. The van der Waals surface area contributed by atoms with Gasteiger partial charge in [-0.1, -0.05) is 30.4 Å². The standard InChI is InChI=1S/C20H17FO2/c1-2-23-20-12-9-14-5-3-4-6-17(14)18(20)13-19(22)15-7-10-16(21)11-8-15/h3-13,17H,2H2,1H3. The van der Waals surface area contributed by atoms with Crippen LogP contribution in [0.15, 0.2) is 83.7 Å². The summed E-state index contributed by atoms with van der Waals surface area (Å²) in [5.74, 6) is 0.203. The minimum Gasteiger partial charge on any atom is -0.494 e. The molecule has 23 heavy (non-hydrogen) atoms. The molecule has 0 aromatic heterocycles. The van der Waals surface area contributed by atoms with E-state index in [-0.39, 0.29) is 17.5 Å². The Morgan fingerprint density at radius 2 is 2.00 bits per heavy atom. The molecule has 3 rings (SSSR count). The highest BCUT2D eigenvalue weighted by molar-refractivity contribution is 6.05. The van der Waals surface area contributed by atoms with Crippen molar-refractivity contribution in [3.63, 3.8) is 0 Å². The van der Waals surface area contributed by atoms with Gasteiger partial charge in [-0.15, -0.1) is 0 Å². The largest absolute Gasteiger partial charge is 0.494 e. The number of ether oxygens (including phenoxy) is 1. The lowest BCUT2D eigenvalue weighted by Crippen LogP contribution is -2.15. The van der Waals surface area contributed by atoms with Crippen LogP contribution in [-0.4, -0.2) is 12.4 Å². The fraction of sp³-hybridized carbons (Fsp3) is 0.150. The van der Waals surface area contributed by atoms with Crippen LogP contribution in [0.3, 0.4) is 0 Å². The summed E-state index contributed by atoms with van der Waals surface area (Å²) in [6.45, 7) is 2.44. The lowest BCUT2D eigenvalue weighted by atomic mass is 9.82. The molecule has 0 saturated carbocycles. The zero-order valence-corrected chi connectivity index (χ0v) is 12.8. The first kappa shape index (κ1) is 15.2. The average Bonchev–Trinajstić information content (AvgIpc) is 2.57. The van der Waals surface area contributed by atoms with Crippen molar-refractivity contribution in [2.75, 3.05) is 6.61 Å². The van der Waals surface area contributed by atoms with Crippen LogP contribution in [0.25, 0.3) is 0 Å². The van der Waals surface area contributed by atoms with E-state index in [4.69, 9.17) is 4.74 Å². The Morgan fingerprint density at radius 1 is 1.22 bits per heavy atom. The molecule has 1 aromatic rings. The molecule has 2 aliphatic rings. The summed E-state index contributed by atoms with van der Waals surface area (Å²) in [6.07, 6.45) is 13.5. The van der Waals surface area contributed by atoms with Gasteiger partial charge in [-0.25, -0.2) is 4.39 Å². The van der Waals surface area contributed by atoms with Crippen LogP contribution >= 0.6 is 0 Å². The maximum Gasteiger partial charge on any atom is 0.186 e. The van der Waals surface area contributed by atoms with Crippen molar-refractivity contribution in [3.8, 4) is 0 Å². The molecule has 0 N–H and O–H groups in total. The number of halogens is 1. The lowest BCUT2D eigenvalue weighted by Gasteiger charge is -2.25. The number of benzene rings is 1. The van der Waals surface area contributed by atoms with Gasteiger partial charge in [0.2, 0.25) is 0 Å². The first-order chi connectivity index (χ1) is 11.2. The van der Waals surface area contributed by atoms with Crippen LogP contribution in [0.5, 0.6) is 0 Å². The van der Waals surface area contributed by atoms with E-state index in [0.717, 1.165) is 11.1 Å². The second kappa shape index (κ2) is 6.61. The topological polar surface area (TPSA) is 26.3 Å². The van der Waals surface area contributed by atoms with Crippen molar-refractivity contribution in [3.05, 3.63) is 95.1 Å². The van der Waals surface area contributed by atoms with Gasteiger partial charge in [0.1, 0.15) is 11.6 Å². The molecule has 0 heterocycles. The van der Waals surface area contributed by atoms with Crippen molar-refractivity contribution >= 4 is 5.78 Å². The Kier molecular flexibility index (Phi) is 4.38. The molecule has 2 nitrogen and oxygen atoms in total. The number of ketones is 1. The Morgan fingerprint density at radius 3 is 2.74 bits per heavy atom. The van der Waals surface area contributed by atoms with Gasteiger partial charge in [0, 0.05) is 17.1 Å². The monoisotopic (exact) mass is 308 g/mol. The number of carbonyl (C=O) groups excluding carboxylic acids is 1. The maximum atomic E-state index is 13.0. The summed E-state index contributed by atoms with van der Waals surface area (Å²) >= 11 is 0. The van der Waals surface area contributed by atoms with Crippen molar-refractivity contribution in [2.45, 2.75) is 6.92 Å². The molecule has 116 valence electrons. The van der Waals surface area contributed by atoms with E-state index in [9.17, 15) is 9.18 Å². The Bertz CT molecular complexity index is 761. The van der Waals surface area contributed by atoms with Crippen LogP contribution in [0, 0.1) is 11.7 Å². The average molecular weight is 308 g/mol. The fourth-order valence-corrected chi connectivity index (χ4v) is 2.71. The van der Waals surface area contributed by atoms with Crippen molar-refractivity contribution < 1.29 is 13.9 Å². The molecule has 0 bridgehead atoms. The maximum absolute atomic E-state index is 13.0. The third-order valence-electron chi connectivity index (χ3n) is 3.82. The predicted molar refractivity (Wildman–Crippen MR) is 88.4 cm³/mol. The molecule has 0 spiro atoms. The smallest absolute Gasteiger partial charge is 0.186 e. The molecule has 0 radical (unpaired) electrons. The third-order valence-corrected chi connectivity index (χ3v) is 3.82. The molecular formula is C20H17FO2. The molecule has 1 unspecified atom stereocenters. The normalized spacial score (nSPS) is 20.8. The van der Waals surface area contributed by atoms with Crippen molar-refractivity contribution in [1.29, 1.82) is 0 Å². The molecule has 0 saturated heterocycles. The number of rotatable bonds is 4. The van der Waals surface area contributed by atoms with E-state index in [1.54, 1.807) is 6.08 Å². The lowest BCUT2D eigenvalue weighted by molar-refractivity contribution is 0.104. The SMILES string of the molecule is CCOC1=CC=C2C=CC=CC2C1=CC(=O)c1ccc(F)cc1. The zero-order valence-electron chi connectivity index (χ0n) is 12.8. The molecule has 3 heteroatoms. The summed E-state index contributed by atoms with van der Waals surface area (Å²) < 4.78 is 18.7. The number of hydrogen-bond acceptors (Lipinski definition) is 2. The van der Waals surface area contributed by atoms with E-state index in [1.807, 2.05) is 43.4 Å². The number of allylic oxidation sites excluding steroid dienone is 9. The van der Waals surface area contributed by atoms with E-state index >= 15 is 0 Å². The summed E-state index contributed by atoms with van der Waals surface area (Å²) in [6, 6.07) is 5.57. The molecular weight excluding hydrogens is 291 g/mol. The first-order valence-corrected chi connectivity index (χ1v) is 7.60. The first-order valence-electron chi connectivity index (χ1n) is 7.60. The molecule has 0 fully saturated rings. The van der Waals surface area contributed by atoms with Gasteiger partial charge in [-0.3, -0.25) is 4.79 Å². The van der Waals surface area contributed by atoms with Gasteiger partial charge in [0.05, 0.1) is 6.61 Å². The molecule has 1 aromatic carbocycles. The summed E-state index contributed by atoms with van der Waals surface area (Å²) in [4.78, 5) is 12.5. The fourth-order valence-electron chi connectivity index (χ4n) is 2.71. The van der Waals surface area contributed by atoms with Gasteiger partial charge in [-0.05, 0) is 48.9 Å². The Hall–Kier alpha value is -2.68. The summed E-state index contributed by atoms with van der Waals surface area (Å²) in [7, 11) is 0. The minimum atomic E-state index is -0.354. The number of fused-ring (bicyclic) bond motifs is 1. The highest BCUT2D eigenvalue weighted by atomic mass is 19.1. The predicted octanol–water partition coefficient (Wildman–Crippen LogP) is 4.54. The summed E-state index contributed by atoms with van der Waals surface area (Å²) in [5.41, 5.74) is 2.41. The van der Waals surface area contributed by atoms with Crippen LogP contribution in [-0.2, 0) is 4.74 Å². The quantitative estimate of drug-likeness (QED) is 0.603.